The SMILES string of the molecule is CC[C@H](C)[C@@H]([C@@H](CC(=O)N1CCC[C@H]1[C@H](OC)[C@@H](C)C(=O)N[C@H](C)[C@@H](O)c1ccccc1)OC)N(C)C(=O)[C@@H](CC(=O)[C@H](C(C)C)N(C)C(=O)OCc1ccc(OCc2cnc([N+](=O)[O-])n2C)c(NC(=O)CNC(=O)C2CCC(CN3C(=O)C=CC3=O)CC2)c1)C(C)C. The Kier molecular flexibility index (Phi) is 27.2. The number of carbonyl (C=O) groups excluding carboxylic acids is 9. The van der Waals surface area contributed by atoms with Crippen LogP contribution >= 0.6 is 0 Å². The number of nitrogens with zero attached hydrogens (tertiary/aromatic N) is 7. The minimum absolute atomic E-state index is 0.0448. The lowest BCUT2D eigenvalue weighted by molar-refractivity contribution is -0.396. The number of imide groups is 1. The summed E-state index contributed by atoms with van der Waals surface area (Å²) in [6, 6.07) is 11.0. The zero-order valence-electron chi connectivity index (χ0n) is 56.0. The monoisotopic (exact) mass is 1300 g/mol. The number of ether oxygens (including phenoxy) is 4. The first-order valence-corrected chi connectivity index (χ1v) is 32.2. The summed E-state index contributed by atoms with van der Waals surface area (Å²) >= 11 is 0. The zero-order valence-corrected chi connectivity index (χ0v) is 56.0. The molecule has 0 unspecified atom stereocenters. The van der Waals surface area contributed by atoms with Crippen LogP contribution in [-0.2, 0) is 72.8 Å². The molecule has 10 atom stereocenters. The number of nitro groups is 1. The maximum Gasteiger partial charge on any atom is 0.434 e. The molecule has 3 aliphatic rings. The summed E-state index contributed by atoms with van der Waals surface area (Å²) in [5.41, 5.74) is 1.51. The fourth-order valence-corrected chi connectivity index (χ4v) is 13.0. The quantitative estimate of drug-likeness (QED) is 0.0281. The molecule has 6 rings (SSSR count). The molecule has 3 aromatic rings. The fourth-order valence-electron chi connectivity index (χ4n) is 13.0. The summed E-state index contributed by atoms with van der Waals surface area (Å²) in [6.07, 6.45) is 4.34. The largest absolute Gasteiger partial charge is 0.484 e. The molecule has 2 aliphatic heterocycles. The average Bonchev–Trinajstić information content (AvgIpc) is 1.86. The van der Waals surface area contributed by atoms with E-state index in [2.05, 4.69) is 20.9 Å². The summed E-state index contributed by atoms with van der Waals surface area (Å²) in [5.74, 6) is -6.02. The van der Waals surface area contributed by atoms with Crippen molar-refractivity contribution in [2.45, 2.75) is 169 Å². The van der Waals surface area contributed by atoms with E-state index in [-0.39, 0.29) is 103 Å². The van der Waals surface area contributed by atoms with Crippen molar-refractivity contribution in [2.75, 3.05) is 53.3 Å². The third-order valence-electron chi connectivity index (χ3n) is 18.7. The molecule has 0 radical (unpaired) electrons. The first kappa shape index (κ1) is 73.9. The number of benzene rings is 2. The molecule has 0 bridgehead atoms. The smallest absolute Gasteiger partial charge is 0.434 e. The lowest BCUT2D eigenvalue weighted by Gasteiger charge is -2.41. The number of hydrogen-bond acceptors (Lipinski definition) is 17. The highest BCUT2D eigenvalue weighted by molar-refractivity contribution is 6.12. The van der Waals surface area contributed by atoms with Crippen LogP contribution in [0, 0.1) is 51.5 Å². The van der Waals surface area contributed by atoms with Crippen molar-refractivity contribution in [1.29, 1.82) is 0 Å². The summed E-state index contributed by atoms with van der Waals surface area (Å²) in [4.78, 5) is 143. The summed E-state index contributed by atoms with van der Waals surface area (Å²) in [6.45, 7) is 14.5. The van der Waals surface area contributed by atoms with Crippen LogP contribution in [0.3, 0.4) is 0 Å². The van der Waals surface area contributed by atoms with Crippen molar-refractivity contribution >= 4 is 64.9 Å². The number of aliphatic hydroxyl groups is 1. The third-order valence-corrected chi connectivity index (χ3v) is 18.7. The number of carbonyl (C=O) groups is 9. The fraction of sp³-hybridized carbons (Fsp3) is 0.612. The Balaban J connectivity index is 1.09. The van der Waals surface area contributed by atoms with Gasteiger partial charge in [0.25, 0.3) is 11.8 Å². The van der Waals surface area contributed by atoms with Gasteiger partial charge in [0, 0.05) is 71.8 Å². The third kappa shape index (κ3) is 19.0. The van der Waals surface area contributed by atoms with Gasteiger partial charge in [-0.3, -0.25) is 43.3 Å². The van der Waals surface area contributed by atoms with Crippen molar-refractivity contribution in [3.8, 4) is 5.75 Å². The zero-order chi connectivity index (χ0) is 68.5. The van der Waals surface area contributed by atoms with Crippen molar-refractivity contribution in [3.63, 3.8) is 0 Å². The van der Waals surface area contributed by atoms with Gasteiger partial charge in [0.1, 0.15) is 25.2 Å². The highest BCUT2D eigenvalue weighted by Gasteiger charge is 2.44. The second kappa shape index (κ2) is 34.2. The number of ketones is 1. The van der Waals surface area contributed by atoms with Crippen LogP contribution in [0.25, 0.3) is 0 Å². The number of likely N-dealkylation sites (tertiary alicyclic amines) is 1. The molecule has 1 aromatic heterocycles. The van der Waals surface area contributed by atoms with Gasteiger partial charge in [0.2, 0.25) is 29.5 Å². The van der Waals surface area contributed by atoms with Crippen LogP contribution in [0.2, 0.25) is 0 Å². The molecule has 3 heterocycles. The first-order valence-electron chi connectivity index (χ1n) is 32.2. The van der Waals surface area contributed by atoms with E-state index in [1.807, 2.05) is 45.9 Å². The number of likely N-dealkylation sites (N-methyl/N-ethyl adjacent to an activating group) is 2. The maximum atomic E-state index is 14.9. The van der Waals surface area contributed by atoms with E-state index in [9.17, 15) is 58.4 Å². The molecular weight excluding hydrogens is 1200 g/mol. The van der Waals surface area contributed by atoms with E-state index in [1.165, 1.54) is 73.2 Å². The second-order valence-corrected chi connectivity index (χ2v) is 25.7. The predicted octanol–water partition coefficient (Wildman–Crippen LogP) is 6.68. The van der Waals surface area contributed by atoms with Gasteiger partial charge in [0.15, 0.2) is 11.5 Å². The van der Waals surface area contributed by atoms with Crippen LogP contribution in [0.5, 0.6) is 5.75 Å². The highest BCUT2D eigenvalue weighted by Crippen LogP contribution is 2.34. The van der Waals surface area contributed by atoms with Gasteiger partial charge in [-0.05, 0) is 97.3 Å². The average molecular weight is 1300 g/mol. The lowest BCUT2D eigenvalue weighted by Crippen LogP contribution is -2.55. The Labute approximate surface area is 544 Å². The number of aliphatic hydroxyl groups excluding tert-OH is 1. The summed E-state index contributed by atoms with van der Waals surface area (Å²) < 4.78 is 25.2. The molecule has 510 valence electrons. The van der Waals surface area contributed by atoms with Crippen molar-refractivity contribution in [1.82, 2.24) is 39.8 Å². The number of amides is 8. The minimum Gasteiger partial charge on any atom is -0.484 e. The van der Waals surface area contributed by atoms with Gasteiger partial charge in [-0.15, -0.1) is 0 Å². The molecule has 93 heavy (non-hydrogen) atoms. The Morgan fingerprint density at radius 3 is 2.11 bits per heavy atom. The number of methoxy groups -OCH3 is 2. The van der Waals surface area contributed by atoms with Gasteiger partial charge >= 0.3 is 12.0 Å². The van der Waals surface area contributed by atoms with E-state index in [0.717, 1.165) is 0 Å². The number of nitrogens with one attached hydrogen (secondary N) is 3. The number of hydrogen-bond donors (Lipinski definition) is 4. The van der Waals surface area contributed by atoms with Crippen molar-refractivity contribution < 1.29 is 72.1 Å². The molecule has 4 N–H and O–H groups in total. The minimum atomic E-state index is -1.03. The van der Waals surface area contributed by atoms with Crippen LogP contribution in [0.1, 0.15) is 136 Å². The lowest BCUT2D eigenvalue weighted by atomic mass is 9.81. The molecule has 8 amide bonds. The van der Waals surface area contributed by atoms with E-state index >= 15 is 0 Å². The summed E-state index contributed by atoms with van der Waals surface area (Å²) in [7, 11) is 7.58. The van der Waals surface area contributed by atoms with Crippen molar-refractivity contribution in [2.24, 2.45) is 48.5 Å². The second-order valence-electron chi connectivity index (χ2n) is 25.7. The topological polar surface area (TPSA) is 321 Å². The van der Waals surface area contributed by atoms with E-state index in [0.29, 0.717) is 68.3 Å². The molecule has 2 fully saturated rings. The molecule has 2 aromatic carbocycles. The van der Waals surface area contributed by atoms with E-state index in [1.54, 1.807) is 62.7 Å². The van der Waals surface area contributed by atoms with Crippen LogP contribution < -0.4 is 20.7 Å². The van der Waals surface area contributed by atoms with Crippen LogP contribution in [0.15, 0.2) is 66.9 Å². The Hall–Kier alpha value is -8.10. The first-order chi connectivity index (χ1) is 44.1. The summed E-state index contributed by atoms with van der Waals surface area (Å²) in [5, 5.41) is 30.9. The number of imidazole rings is 1. The number of anilines is 1. The van der Waals surface area contributed by atoms with Crippen LogP contribution in [0.4, 0.5) is 16.4 Å². The normalized spacial score (nSPS) is 19.4. The Morgan fingerprint density at radius 1 is 0.849 bits per heavy atom. The number of rotatable bonds is 33. The molecule has 0 spiro atoms. The van der Waals surface area contributed by atoms with E-state index < -0.39 is 95.6 Å². The maximum absolute atomic E-state index is 14.9. The molecule has 1 saturated carbocycles. The Morgan fingerprint density at radius 2 is 1.52 bits per heavy atom. The molecular formula is C67H96N10O16. The predicted molar refractivity (Wildman–Crippen MR) is 343 cm³/mol. The van der Waals surface area contributed by atoms with Gasteiger partial charge in [-0.1, -0.05) is 96.3 Å². The highest BCUT2D eigenvalue weighted by atomic mass is 16.6. The van der Waals surface area contributed by atoms with Gasteiger partial charge < -0.3 is 64.8 Å². The van der Waals surface area contributed by atoms with Gasteiger partial charge in [-0.25, -0.2) is 9.36 Å². The molecule has 26 heteroatoms. The Bertz CT molecular complexity index is 3130. The van der Waals surface area contributed by atoms with Gasteiger partial charge in [0.05, 0.1) is 74.1 Å². The van der Waals surface area contributed by atoms with Crippen molar-refractivity contribution in [3.05, 3.63) is 93.8 Å². The number of Topliss-reactive ketones (excluding diaryl/α,β-unsaturated/α-hetero) is 1. The molecule has 26 nitrogen and oxygen atoms in total. The van der Waals surface area contributed by atoms with Gasteiger partial charge in [-0.2, -0.15) is 0 Å². The number of aromatic nitrogens is 2. The van der Waals surface area contributed by atoms with Crippen LogP contribution in [-0.4, -0.2) is 177 Å². The standard InChI is InChI=1S/C67H96N10O16/c1-14-41(6)60(54(90-12)33-58(82)75-30-18-21-51(75)62(91-13)42(7)63(84)70-43(8)61(83)46-19-16-15-17-20-46)73(10)65(86)49(39(2)3)32-52(78)59(40(4)5)74(11)67(87)93-37-45-24-27-53(92-38-48-34-69-66(72(48)9)77(88)89)50(31-45)71-55(79)35-68-64(85)47-25-22-44(23-26-47)36-76-56(80)28-29-57(76)81/h15-17,19-20,24,27-29,31,34,39-44,47,49,51,54,59-62,83H,14,18,21-23,25-26,30,32-33,35-38H2,1-13H3,(H,68,85)(H,70,84)(H,71,79)/t41-,42+,43+,44?,47?,49-,51-,54+,59-,60-,61+,62+/m0/s1. The van der Waals surface area contributed by atoms with E-state index in [4.69, 9.17) is 18.9 Å². The molecule has 1 saturated heterocycles. The molecule has 1 aliphatic carbocycles.